The monoisotopic (exact) mass is 473 g/mol. The summed E-state index contributed by atoms with van der Waals surface area (Å²) < 4.78 is 30.6. The summed E-state index contributed by atoms with van der Waals surface area (Å²) in [6.45, 7) is 4.00. The van der Waals surface area contributed by atoms with Gasteiger partial charge in [-0.05, 0) is 37.6 Å². The van der Waals surface area contributed by atoms with Gasteiger partial charge in [-0.2, -0.15) is 0 Å². The van der Waals surface area contributed by atoms with Crippen LogP contribution in [0.5, 0.6) is 5.75 Å². The van der Waals surface area contributed by atoms with Crippen LogP contribution in [0.4, 0.5) is 0 Å². The standard InChI is InChI=1S/C27H24NO5P/c1-4-32-34(30,33-5-2)22-15-9-14-21-23-19-12-6-7-13-20(19)27(29)24(23)25(28-26(21)22)17-10-8-11-18(16-17)31-3/h6-16H,4-5H2,1-3H3. The van der Waals surface area contributed by atoms with Crippen LogP contribution < -0.4 is 10.0 Å². The highest BCUT2D eigenvalue weighted by molar-refractivity contribution is 7.62. The topological polar surface area (TPSA) is 74.7 Å². The lowest BCUT2D eigenvalue weighted by Gasteiger charge is -2.20. The Morgan fingerprint density at radius 1 is 0.853 bits per heavy atom. The van der Waals surface area contributed by atoms with Crippen molar-refractivity contribution in [2.75, 3.05) is 20.3 Å². The highest BCUT2D eigenvalue weighted by Gasteiger charge is 2.36. The van der Waals surface area contributed by atoms with Crippen molar-refractivity contribution in [1.29, 1.82) is 0 Å². The molecule has 0 fully saturated rings. The predicted octanol–water partition coefficient (Wildman–Crippen LogP) is 6.01. The Kier molecular flexibility index (Phi) is 5.82. The molecule has 6 nitrogen and oxygen atoms in total. The van der Waals surface area contributed by atoms with Crippen molar-refractivity contribution in [2.24, 2.45) is 0 Å². The largest absolute Gasteiger partial charge is 0.497 e. The van der Waals surface area contributed by atoms with Gasteiger partial charge in [0, 0.05) is 22.1 Å². The molecule has 0 unspecified atom stereocenters. The average molecular weight is 473 g/mol. The molecule has 1 heterocycles. The van der Waals surface area contributed by atoms with Gasteiger partial charge in [-0.1, -0.05) is 48.5 Å². The number of ketones is 1. The first-order valence-electron chi connectivity index (χ1n) is 11.2. The summed E-state index contributed by atoms with van der Waals surface area (Å²) >= 11 is 0. The van der Waals surface area contributed by atoms with Crippen molar-refractivity contribution >= 4 is 29.6 Å². The molecule has 1 aliphatic carbocycles. The number of hydrogen-bond acceptors (Lipinski definition) is 6. The van der Waals surface area contributed by atoms with E-state index in [4.69, 9.17) is 18.8 Å². The summed E-state index contributed by atoms with van der Waals surface area (Å²) in [5.74, 6) is 0.569. The number of carbonyl (C=O) groups is 1. The SMILES string of the molecule is CCOP(=O)(OCC)c1cccc2c3c(c(-c4cccc(OC)c4)nc12)C(=O)c1ccccc1-3. The Morgan fingerprint density at radius 3 is 2.26 bits per heavy atom. The zero-order valence-corrected chi connectivity index (χ0v) is 20.1. The molecule has 0 amide bonds. The van der Waals surface area contributed by atoms with Crippen molar-refractivity contribution in [3.05, 3.63) is 77.9 Å². The highest BCUT2D eigenvalue weighted by Crippen LogP contribution is 2.51. The zero-order chi connectivity index (χ0) is 23.9. The summed E-state index contributed by atoms with van der Waals surface area (Å²) in [6, 6.07) is 20.4. The number of pyridine rings is 1. The molecule has 0 atom stereocenters. The van der Waals surface area contributed by atoms with Gasteiger partial charge in [0.1, 0.15) is 5.75 Å². The summed E-state index contributed by atoms with van der Waals surface area (Å²) in [5.41, 5.74) is 4.50. The van der Waals surface area contributed by atoms with Gasteiger partial charge in [0.25, 0.3) is 0 Å². The fourth-order valence-electron chi connectivity index (χ4n) is 4.52. The number of nitrogens with zero attached hydrogens (tertiary/aromatic N) is 1. The molecule has 5 rings (SSSR count). The third-order valence-electron chi connectivity index (χ3n) is 5.90. The number of hydrogen-bond donors (Lipinski definition) is 0. The second kappa shape index (κ2) is 8.80. The number of carbonyl (C=O) groups excluding carboxylic acids is 1. The first kappa shape index (κ1) is 22.5. The maximum atomic E-state index is 13.8. The Balaban J connectivity index is 1.92. The molecule has 0 bridgehead atoms. The molecule has 1 aromatic heterocycles. The maximum absolute atomic E-state index is 13.8. The minimum absolute atomic E-state index is 0.0824. The predicted molar refractivity (Wildman–Crippen MR) is 133 cm³/mol. The zero-order valence-electron chi connectivity index (χ0n) is 19.2. The van der Waals surface area contributed by atoms with Crippen molar-refractivity contribution in [3.63, 3.8) is 0 Å². The Bertz CT molecular complexity index is 1470. The fourth-order valence-corrected chi connectivity index (χ4v) is 6.25. The summed E-state index contributed by atoms with van der Waals surface area (Å²) in [7, 11) is -2.05. The van der Waals surface area contributed by atoms with Crippen LogP contribution in [0.2, 0.25) is 0 Å². The molecule has 4 aromatic rings. The lowest BCUT2D eigenvalue weighted by molar-refractivity contribution is 0.104. The van der Waals surface area contributed by atoms with Gasteiger partial charge in [0.15, 0.2) is 5.78 Å². The molecule has 0 N–H and O–H groups in total. The van der Waals surface area contributed by atoms with E-state index in [2.05, 4.69) is 0 Å². The van der Waals surface area contributed by atoms with E-state index in [1.54, 1.807) is 33.1 Å². The molecular formula is C27H24NO5P. The quantitative estimate of drug-likeness (QED) is 0.269. The molecule has 7 heteroatoms. The molecule has 3 aromatic carbocycles. The van der Waals surface area contributed by atoms with E-state index in [1.807, 2.05) is 54.6 Å². The van der Waals surface area contributed by atoms with E-state index >= 15 is 0 Å². The minimum Gasteiger partial charge on any atom is -0.497 e. The van der Waals surface area contributed by atoms with Gasteiger partial charge in [0.2, 0.25) is 0 Å². The van der Waals surface area contributed by atoms with Gasteiger partial charge in [-0.15, -0.1) is 0 Å². The van der Waals surface area contributed by atoms with E-state index in [0.29, 0.717) is 33.4 Å². The van der Waals surface area contributed by atoms with Crippen LogP contribution in [0.3, 0.4) is 0 Å². The maximum Gasteiger partial charge on any atom is 0.363 e. The van der Waals surface area contributed by atoms with E-state index < -0.39 is 7.60 Å². The van der Waals surface area contributed by atoms with Crippen molar-refractivity contribution in [2.45, 2.75) is 13.8 Å². The molecule has 0 saturated carbocycles. The number of benzene rings is 3. The molecular weight excluding hydrogens is 449 g/mol. The number of rotatable bonds is 7. The van der Waals surface area contributed by atoms with E-state index in [0.717, 1.165) is 22.1 Å². The molecule has 172 valence electrons. The first-order chi connectivity index (χ1) is 16.5. The molecule has 34 heavy (non-hydrogen) atoms. The van der Waals surface area contributed by atoms with E-state index in [1.165, 1.54) is 0 Å². The summed E-state index contributed by atoms with van der Waals surface area (Å²) in [6.07, 6.45) is 0. The van der Waals surface area contributed by atoms with Crippen molar-refractivity contribution in [3.8, 4) is 28.1 Å². The number of methoxy groups -OCH3 is 1. The third kappa shape index (κ3) is 3.46. The van der Waals surface area contributed by atoms with Crippen LogP contribution in [0.25, 0.3) is 33.3 Å². The molecule has 1 aliphatic rings. The summed E-state index contributed by atoms with van der Waals surface area (Å²) in [4.78, 5) is 18.5. The Hall–Kier alpha value is -3.31. The number of aromatic nitrogens is 1. The van der Waals surface area contributed by atoms with Crippen LogP contribution in [0, 0.1) is 0 Å². The number of para-hydroxylation sites is 1. The average Bonchev–Trinajstić information content (AvgIpc) is 3.16. The number of ether oxygens (including phenoxy) is 1. The second-order valence-corrected chi connectivity index (χ2v) is 9.82. The normalized spacial score (nSPS) is 12.6. The van der Waals surface area contributed by atoms with Gasteiger partial charge < -0.3 is 13.8 Å². The highest BCUT2D eigenvalue weighted by atomic mass is 31.2. The van der Waals surface area contributed by atoms with Crippen LogP contribution in [0.15, 0.2) is 66.7 Å². The smallest absolute Gasteiger partial charge is 0.363 e. The van der Waals surface area contributed by atoms with Crippen LogP contribution in [0.1, 0.15) is 29.8 Å². The lowest BCUT2D eigenvalue weighted by atomic mass is 9.96. The van der Waals surface area contributed by atoms with E-state index in [-0.39, 0.29) is 19.0 Å². The minimum atomic E-state index is -3.64. The molecule has 0 aliphatic heterocycles. The first-order valence-corrected chi connectivity index (χ1v) is 12.7. The van der Waals surface area contributed by atoms with Crippen LogP contribution in [-0.4, -0.2) is 31.1 Å². The third-order valence-corrected chi connectivity index (χ3v) is 8.05. The Labute approximate surface area is 198 Å². The van der Waals surface area contributed by atoms with Crippen molar-refractivity contribution < 1.29 is 23.1 Å². The molecule has 0 spiro atoms. The van der Waals surface area contributed by atoms with Gasteiger partial charge in [-0.25, -0.2) is 4.98 Å². The second-order valence-electron chi connectivity index (χ2n) is 7.82. The summed E-state index contributed by atoms with van der Waals surface area (Å²) in [5, 5.41) is 1.12. The van der Waals surface area contributed by atoms with Crippen LogP contribution in [-0.2, 0) is 13.6 Å². The molecule has 0 radical (unpaired) electrons. The van der Waals surface area contributed by atoms with Gasteiger partial charge in [0.05, 0.1) is 42.4 Å². The van der Waals surface area contributed by atoms with Crippen molar-refractivity contribution in [1.82, 2.24) is 4.98 Å². The Morgan fingerprint density at radius 2 is 1.56 bits per heavy atom. The molecule has 0 saturated heterocycles. The lowest BCUT2D eigenvalue weighted by Crippen LogP contribution is -2.14. The van der Waals surface area contributed by atoms with Crippen LogP contribution >= 0.6 is 7.60 Å². The van der Waals surface area contributed by atoms with E-state index in [9.17, 15) is 9.36 Å². The van der Waals surface area contributed by atoms with Gasteiger partial charge >= 0.3 is 7.60 Å². The van der Waals surface area contributed by atoms with Gasteiger partial charge in [-0.3, -0.25) is 9.36 Å². The fraction of sp³-hybridized carbons (Fsp3) is 0.185. The number of fused-ring (bicyclic) bond motifs is 5.